The van der Waals surface area contributed by atoms with Crippen molar-refractivity contribution >= 4 is 15.9 Å². The van der Waals surface area contributed by atoms with Gasteiger partial charge in [-0.15, -0.1) is 0 Å². The number of aliphatic hydroxyl groups is 2. The highest BCUT2D eigenvalue weighted by Gasteiger charge is 2.34. The molecule has 0 aromatic carbocycles. The minimum Gasteiger partial charge on any atom is -0.394 e. The molecule has 16 heavy (non-hydrogen) atoms. The van der Waals surface area contributed by atoms with E-state index in [-0.39, 0.29) is 13.0 Å². The third-order valence-corrected chi connectivity index (χ3v) is 2.89. The third-order valence-electron chi connectivity index (χ3n) is 2.48. The van der Waals surface area contributed by atoms with Crippen molar-refractivity contribution in [2.75, 3.05) is 6.61 Å². The van der Waals surface area contributed by atoms with Crippen LogP contribution in [-0.2, 0) is 4.74 Å². The van der Waals surface area contributed by atoms with Crippen LogP contribution in [0.5, 0.6) is 0 Å². The molecule has 7 heteroatoms. The molecular formula is C9H11BrN2O4. The van der Waals surface area contributed by atoms with Gasteiger partial charge < -0.3 is 14.9 Å². The predicted molar refractivity (Wildman–Crippen MR) is 57.8 cm³/mol. The van der Waals surface area contributed by atoms with E-state index in [0.717, 1.165) is 0 Å². The van der Waals surface area contributed by atoms with E-state index in [1.807, 2.05) is 0 Å². The SMILES string of the molecule is O=c1ncc(Br)cn1[C@H]1C[C@H](O)[C@@H](CO)O1. The molecule has 1 aliphatic heterocycles. The second-order valence-corrected chi connectivity index (χ2v) is 4.49. The Labute approximate surface area is 99.6 Å². The van der Waals surface area contributed by atoms with Crippen molar-refractivity contribution in [3.63, 3.8) is 0 Å². The van der Waals surface area contributed by atoms with Crippen LogP contribution >= 0.6 is 15.9 Å². The molecule has 1 aromatic rings. The molecule has 1 aliphatic rings. The van der Waals surface area contributed by atoms with Crippen molar-refractivity contribution in [3.8, 4) is 0 Å². The fraction of sp³-hybridized carbons (Fsp3) is 0.556. The molecule has 0 saturated carbocycles. The second kappa shape index (κ2) is 4.62. The van der Waals surface area contributed by atoms with Crippen LogP contribution in [-0.4, -0.2) is 38.6 Å². The fourth-order valence-electron chi connectivity index (χ4n) is 1.66. The zero-order chi connectivity index (χ0) is 11.7. The van der Waals surface area contributed by atoms with Gasteiger partial charge in [0.25, 0.3) is 0 Å². The summed E-state index contributed by atoms with van der Waals surface area (Å²) in [7, 11) is 0. The molecule has 1 saturated heterocycles. The van der Waals surface area contributed by atoms with Gasteiger partial charge in [-0.2, -0.15) is 0 Å². The molecule has 0 unspecified atom stereocenters. The van der Waals surface area contributed by atoms with Crippen LogP contribution < -0.4 is 5.69 Å². The first-order chi connectivity index (χ1) is 7.61. The molecule has 2 heterocycles. The largest absolute Gasteiger partial charge is 0.394 e. The summed E-state index contributed by atoms with van der Waals surface area (Å²) in [6.07, 6.45) is 1.23. The second-order valence-electron chi connectivity index (χ2n) is 3.58. The normalized spacial score (nSPS) is 29.6. The number of ether oxygens (including phenoxy) is 1. The van der Waals surface area contributed by atoms with Gasteiger partial charge in [-0.05, 0) is 15.9 Å². The lowest BCUT2D eigenvalue weighted by Crippen LogP contribution is -2.27. The van der Waals surface area contributed by atoms with Gasteiger partial charge in [0.1, 0.15) is 12.3 Å². The van der Waals surface area contributed by atoms with Crippen molar-refractivity contribution in [2.24, 2.45) is 0 Å². The highest BCUT2D eigenvalue weighted by atomic mass is 79.9. The highest BCUT2D eigenvalue weighted by Crippen LogP contribution is 2.27. The number of nitrogens with zero attached hydrogens (tertiary/aromatic N) is 2. The van der Waals surface area contributed by atoms with Gasteiger partial charge in [-0.3, -0.25) is 4.57 Å². The first-order valence-electron chi connectivity index (χ1n) is 4.80. The van der Waals surface area contributed by atoms with Crippen molar-refractivity contribution in [1.82, 2.24) is 9.55 Å². The first-order valence-corrected chi connectivity index (χ1v) is 5.59. The Morgan fingerprint density at radius 2 is 2.44 bits per heavy atom. The lowest BCUT2D eigenvalue weighted by molar-refractivity contribution is -0.0459. The Balaban J connectivity index is 2.26. The molecule has 0 spiro atoms. The van der Waals surface area contributed by atoms with E-state index < -0.39 is 24.1 Å². The Bertz CT molecular complexity index is 436. The van der Waals surface area contributed by atoms with E-state index in [1.54, 1.807) is 6.20 Å². The Kier molecular flexibility index (Phi) is 3.38. The van der Waals surface area contributed by atoms with E-state index >= 15 is 0 Å². The predicted octanol–water partition coefficient (Wildman–Crippen LogP) is -0.353. The summed E-state index contributed by atoms with van der Waals surface area (Å²) < 4.78 is 7.29. The topological polar surface area (TPSA) is 84.6 Å². The minimum absolute atomic E-state index is 0.267. The summed E-state index contributed by atoms with van der Waals surface area (Å²) in [5.41, 5.74) is -0.445. The van der Waals surface area contributed by atoms with E-state index in [2.05, 4.69) is 20.9 Å². The maximum Gasteiger partial charge on any atom is 0.349 e. The van der Waals surface area contributed by atoms with Gasteiger partial charge in [-0.25, -0.2) is 9.78 Å². The minimum atomic E-state index is -0.763. The molecule has 1 fully saturated rings. The van der Waals surface area contributed by atoms with Gasteiger partial charge in [0.05, 0.1) is 17.2 Å². The highest BCUT2D eigenvalue weighted by molar-refractivity contribution is 9.10. The zero-order valence-corrected chi connectivity index (χ0v) is 9.87. The summed E-state index contributed by atoms with van der Waals surface area (Å²) in [5, 5.41) is 18.5. The molecule has 0 amide bonds. The molecular weight excluding hydrogens is 280 g/mol. The number of halogens is 1. The van der Waals surface area contributed by atoms with E-state index in [1.165, 1.54) is 10.8 Å². The Morgan fingerprint density at radius 1 is 1.69 bits per heavy atom. The molecule has 6 nitrogen and oxygen atoms in total. The summed E-state index contributed by atoms with van der Waals surface area (Å²) in [5.74, 6) is 0. The standard InChI is InChI=1S/C9H11BrN2O4/c10-5-2-11-9(15)12(3-5)8-1-6(14)7(4-13)16-8/h2-3,6-8,13-14H,1,4H2/t6-,7+,8+/m0/s1. The van der Waals surface area contributed by atoms with Crippen LogP contribution in [0.4, 0.5) is 0 Å². The van der Waals surface area contributed by atoms with Crippen LogP contribution in [0.2, 0.25) is 0 Å². The van der Waals surface area contributed by atoms with Gasteiger partial charge >= 0.3 is 5.69 Å². The van der Waals surface area contributed by atoms with Crippen LogP contribution in [0, 0.1) is 0 Å². The van der Waals surface area contributed by atoms with Crippen LogP contribution in [0.1, 0.15) is 12.6 Å². The van der Waals surface area contributed by atoms with E-state index in [9.17, 15) is 9.90 Å². The fourth-order valence-corrected chi connectivity index (χ4v) is 1.98. The molecule has 3 atom stereocenters. The Hall–Kier alpha value is -0.760. The molecule has 0 radical (unpaired) electrons. The smallest absolute Gasteiger partial charge is 0.349 e. The summed E-state index contributed by atoms with van der Waals surface area (Å²) in [4.78, 5) is 15.1. The van der Waals surface area contributed by atoms with E-state index in [4.69, 9.17) is 9.84 Å². The molecule has 0 aliphatic carbocycles. The average Bonchev–Trinajstić information content (AvgIpc) is 2.63. The maximum absolute atomic E-state index is 11.5. The number of hydrogen-bond acceptors (Lipinski definition) is 5. The molecule has 2 rings (SSSR count). The third kappa shape index (κ3) is 2.17. The van der Waals surface area contributed by atoms with Gasteiger partial charge in [-0.1, -0.05) is 0 Å². The molecule has 88 valence electrons. The summed E-state index contributed by atoms with van der Waals surface area (Å²) >= 11 is 3.20. The van der Waals surface area contributed by atoms with Gasteiger partial charge in [0.2, 0.25) is 0 Å². The molecule has 1 aromatic heterocycles. The number of aliphatic hydroxyl groups excluding tert-OH is 2. The first kappa shape index (κ1) is 11.7. The number of hydrogen-bond donors (Lipinski definition) is 2. The van der Waals surface area contributed by atoms with Crippen LogP contribution in [0.15, 0.2) is 21.7 Å². The molecule has 0 bridgehead atoms. The monoisotopic (exact) mass is 290 g/mol. The van der Waals surface area contributed by atoms with Crippen molar-refractivity contribution in [1.29, 1.82) is 0 Å². The quantitative estimate of drug-likeness (QED) is 0.778. The van der Waals surface area contributed by atoms with Crippen molar-refractivity contribution < 1.29 is 14.9 Å². The van der Waals surface area contributed by atoms with Crippen molar-refractivity contribution in [2.45, 2.75) is 24.9 Å². The maximum atomic E-state index is 11.5. The van der Waals surface area contributed by atoms with Crippen LogP contribution in [0.25, 0.3) is 0 Å². The lowest BCUT2D eigenvalue weighted by atomic mass is 10.2. The Morgan fingerprint density at radius 3 is 3.06 bits per heavy atom. The number of aromatic nitrogens is 2. The summed E-state index contributed by atoms with van der Waals surface area (Å²) in [6, 6.07) is 0. The average molecular weight is 291 g/mol. The van der Waals surface area contributed by atoms with Crippen molar-refractivity contribution in [3.05, 3.63) is 27.4 Å². The summed E-state index contributed by atoms with van der Waals surface area (Å²) in [6.45, 7) is -0.270. The number of rotatable bonds is 2. The van der Waals surface area contributed by atoms with Gasteiger partial charge in [0.15, 0.2) is 0 Å². The van der Waals surface area contributed by atoms with Crippen LogP contribution in [0.3, 0.4) is 0 Å². The van der Waals surface area contributed by atoms with E-state index in [0.29, 0.717) is 4.47 Å². The zero-order valence-electron chi connectivity index (χ0n) is 8.28. The lowest BCUT2D eigenvalue weighted by Gasteiger charge is -2.14. The molecule has 2 N–H and O–H groups in total. The van der Waals surface area contributed by atoms with Gasteiger partial charge in [0, 0.05) is 18.8 Å².